The van der Waals surface area contributed by atoms with Crippen LogP contribution in [0.5, 0.6) is 5.75 Å². The molecule has 2 aromatic carbocycles. The monoisotopic (exact) mass is 253 g/mol. The van der Waals surface area contributed by atoms with E-state index in [1.54, 1.807) is 12.1 Å². The first-order valence-corrected chi connectivity index (χ1v) is 6.05. The Morgan fingerprint density at radius 3 is 2.74 bits per heavy atom. The molecular formula is C16H15NO2. The van der Waals surface area contributed by atoms with Crippen LogP contribution in [0.2, 0.25) is 0 Å². The molecule has 0 fully saturated rings. The van der Waals surface area contributed by atoms with Crippen LogP contribution >= 0.6 is 0 Å². The van der Waals surface area contributed by atoms with Crippen LogP contribution in [0.15, 0.2) is 36.4 Å². The number of phenolic OH excluding ortho intramolecular Hbond substituents is 1. The zero-order valence-electron chi connectivity index (χ0n) is 10.7. The predicted octanol–water partition coefficient (Wildman–Crippen LogP) is 2.40. The van der Waals surface area contributed by atoms with Crippen LogP contribution < -0.4 is 5.32 Å². The molecular weight excluding hydrogens is 238 g/mol. The summed E-state index contributed by atoms with van der Waals surface area (Å²) in [6, 6.07) is 10.9. The number of hydrogen-bond donors (Lipinski definition) is 2. The van der Waals surface area contributed by atoms with Gasteiger partial charge in [0.05, 0.1) is 12.5 Å². The van der Waals surface area contributed by atoms with Crippen LogP contribution in [0.25, 0.3) is 10.8 Å². The van der Waals surface area contributed by atoms with Gasteiger partial charge in [-0.25, -0.2) is 0 Å². The predicted molar refractivity (Wildman–Crippen MR) is 75.9 cm³/mol. The van der Waals surface area contributed by atoms with Crippen molar-refractivity contribution >= 4 is 16.7 Å². The van der Waals surface area contributed by atoms with E-state index in [0.717, 1.165) is 16.3 Å². The SMILES string of the molecule is C#CCNC(=O)C(C)c1ccc2cc(O)ccc2c1. The molecule has 0 aromatic heterocycles. The van der Waals surface area contributed by atoms with Gasteiger partial charge >= 0.3 is 0 Å². The summed E-state index contributed by atoms with van der Waals surface area (Å²) < 4.78 is 0. The molecule has 0 aliphatic carbocycles. The van der Waals surface area contributed by atoms with Crippen LogP contribution in [0.1, 0.15) is 18.4 Å². The summed E-state index contributed by atoms with van der Waals surface area (Å²) >= 11 is 0. The Hall–Kier alpha value is -2.47. The van der Waals surface area contributed by atoms with Gasteiger partial charge in [-0.3, -0.25) is 4.79 Å². The third kappa shape index (κ3) is 2.86. The van der Waals surface area contributed by atoms with Crippen LogP contribution in [-0.2, 0) is 4.79 Å². The minimum absolute atomic E-state index is 0.0870. The average molecular weight is 253 g/mol. The number of phenols is 1. The van der Waals surface area contributed by atoms with Crippen LogP contribution in [-0.4, -0.2) is 17.6 Å². The number of carbonyl (C=O) groups excluding carboxylic acids is 1. The summed E-state index contributed by atoms with van der Waals surface area (Å²) in [6.45, 7) is 2.08. The second kappa shape index (κ2) is 5.45. The van der Waals surface area contributed by atoms with E-state index < -0.39 is 0 Å². The van der Waals surface area contributed by atoms with Crippen molar-refractivity contribution in [2.75, 3.05) is 6.54 Å². The summed E-state index contributed by atoms with van der Waals surface area (Å²) in [4.78, 5) is 11.8. The normalized spacial score (nSPS) is 11.8. The fourth-order valence-corrected chi connectivity index (χ4v) is 1.96. The van der Waals surface area contributed by atoms with E-state index >= 15 is 0 Å². The van der Waals surface area contributed by atoms with Crippen molar-refractivity contribution in [3.63, 3.8) is 0 Å². The summed E-state index contributed by atoms with van der Waals surface area (Å²) in [5, 5.41) is 14.0. The van der Waals surface area contributed by atoms with Crippen LogP contribution in [0.3, 0.4) is 0 Å². The molecule has 2 aromatic rings. The summed E-state index contributed by atoms with van der Waals surface area (Å²) in [7, 11) is 0. The Balaban J connectivity index is 2.28. The van der Waals surface area contributed by atoms with E-state index in [1.165, 1.54) is 0 Å². The van der Waals surface area contributed by atoms with Gasteiger partial charge in [0.2, 0.25) is 5.91 Å². The van der Waals surface area contributed by atoms with Crippen molar-refractivity contribution in [2.24, 2.45) is 0 Å². The Morgan fingerprint density at radius 1 is 1.32 bits per heavy atom. The highest BCUT2D eigenvalue weighted by Crippen LogP contribution is 2.24. The number of rotatable bonds is 3. The highest BCUT2D eigenvalue weighted by Gasteiger charge is 2.14. The van der Waals surface area contributed by atoms with Gasteiger partial charge in [-0.15, -0.1) is 6.42 Å². The fraction of sp³-hybridized carbons (Fsp3) is 0.188. The van der Waals surface area contributed by atoms with Gasteiger partial charge < -0.3 is 10.4 Å². The molecule has 0 heterocycles. The van der Waals surface area contributed by atoms with Crippen molar-refractivity contribution < 1.29 is 9.90 Å². The molecule has 3 nitrogen and oxygen atoms in total. The number of hydrogen-bond acceptors (Lipinski definition) is 2. The number of amides is 1. The molecule has 19 heavy (non-hydrogen) atoms. The minimum Gasteiger partial charge on any atom is -0.508 e. The van der Waals surface area contributed by atoms with Crippen LogP contribution in [0.4, 0.5) is 0 Å². The van der Waals surface area contributed by atoms with Gasteiger partial charge in [-0.05, 0) is 35.4 Å². The van der Waals surface area contributed by atoms with Gasteiger partial charge in [0.15, 0.2) is 0 Å². The van der Waals surface area contributed by atoms with Gasteiger partial charge in [-0.2, -0.15) is 0 Å². The molecule has 0 saturated heterocycles. The second-order valence-electron chi connectivity index (χ2n) is 4.43. The number of carbonyl (C=O) groups is 1. The molecule has 1 unspecified atom stereocenters. The van der Waals surface area contributed by atoms with E-state index in [2.05, 4.69) is 11.2 Å². The summed E-state index contributed by atoms with van der Waals surface area (Å²) in [6.07, 6.45) is 5.12. The maximum Gasteiger partial charge on any atom is 0.228 e. The Labute approximate surface area is 112 Å². The maximum atomic E-state index is 11.8. The highest BCUT2D eigenvalue weighted by atomic mass is 16.3. The lowest BCUT2D eigenvalue weighted by molar-refractivity contribution is -0.121. The van der Waals surface area contributed by atoms with Crippen molar-refractivity contribution in [1.29, 1.82) is 0 Å². The largest absolute Gasteiger partial charge is 0.508 e. The van der Waals surface area contributed by atoms with Crippen molar-refractivity contribution in [1.82, 2.24) is 5.32 Å². The van der Waals surface area contributed by atoms with Gasteiger partial charge in [-0.1, -0.05) is 30.2 Å². The molecule has 0 saturated carbocycles. The first-order chi connectivity index (χ1) is 9.11. The average Bonchev–Trinajstić information content (AvgIpc) is 2.43. The quantitative estimate of drug-likeness (QED) is 0.825. The van der Waals surface area contributed by atoms with E-state index in [9.17, 15) is 9.90 Å². The third-order valence-electron chi connectivity index (χ3n) is 3.11. The minimum atomic E-state index is -0.258. The number of fused-ring (bicyclic) bond motifs is 1. The topological polar surface area (TPSA) is 49.3 Å². The molecule has 0 aliphatic heterocycles. The molecule has 96 valence electrons. The molecule has 0 bridgehead atoms. The highest BCUT2D eigenvalue weighted by molar-refractivity contribution is 5.88. The Bertz CT molecular complexity index is 655. The van der Waals surface area contributed by atoms with E-state index in [4.69, 9.17) is 6.42 Å². The molecule has 2 rings (SSSR count). The van der Waals surface area contributed by atoms with Gasteiger partial charge in [0.1, 0.15) is 5.75 Å². The summed E-state index contributed by atoms with van der Waals surface area (Å²) in [5.74, 6) is 2.27. The van der Waals surface area contributed by atoms with E-state index in [-0.39, 0.29) is 24.1 Å². The standard InChI is InChI=1S/C16H15NO2/c1-3-8-17-16(19)11(2)12-4-5-14-10-15(18)7-6-13(14)9-12/h1,4-7,9-11,18H,8H2,2H3,(H,17,19). The number of aromatic hydroxyl groups is 1. The smallest absolute Gasteiger partial charge is 0.228 e. The lowest BCUT2D eigenvalue weighted by Crippen LogP contribution is -2.28. The lowest BCUT2D eigenvalue weighted by atomic mass is 9.97. The Kier molecular flexibility index (Phi) is 3.72. The lowest BCUT2D eigenvalue weighted by Gasteiger charge is -2.12. The first kappa shape index (κ1) is 13.0. The first-order valence-electron chi connectivity index (χ1n) is 6.05. The molecule has 0 radical (unpaired) electrons. The van der Waals surface area contributed by atoms with Gasteiger partial charge in [0, 0.05) is 0 Å². The van der Waals surface area contributed by atoms with Crippen molar-refractivity contribution in [3.8, 4) is 18.1 Å². The molecule has 0 spiro atoms. The molecule has 2 N–H and O–H groups in total. The molecule has 3 heteroatoms. The fourth-order valence-electron chi connectivity index (χ4n) is 1.96. The third-order valence-corrected chi connectivity index (χ3v) is 3.11. The zero-order valence-corrected chi connectivity index (χ0v) is 10.7. The molecule has 1 amide bonds. The zero-order chi connectivity index (χ0) is 13.8. The van der Waals surface area contributed by atoms with E-state index in [0.29, 0.717) is 0 Å². The maximum absolute atomic E-state index is 11.8. The van der Waals surface area contributed by atoms with E-state index in [1.807, 2.05) is 31.2 Å². The van der Waals surface area contributed by atoms with Crippen molar-refractivity contribution in [2.45, 2.75) is 12.8 Å². The van der Waals surface area contributed by atoms with Gasteiger partial charge in [0.25, 0.3) is 0 Å². The van der Waals surface area contributed by atoms with Crippen molar-refractivity contribution in [3.05, 3.63) is 42.0 Å². The number of terminal acetylenes is 1. The number of benzene rings is 2. The van der Waals surface area contributed by atoms with Crippen LogP contribution in [0, 0.1) is 12.3 Å². The Morgan fingerprint density at radius 2 is 2.00 bits per heavy atom. The summed E-state index contributed by atoms with van der Waals surface area (Å²) in [5.41, 5.74) is 0.924. The number of nitrogens with one attached hydrogen (secondary N) is 1. The second-order valence-corrected chi connectivity index (χ2v) is 4.43. The molecule has 1 atom stereocenters. The molecule has 0 aliphatic rings.